The van der Waals surface area contributed by atoms with E-state index in [1.54, 1.807) is 0 Å². The van der Waals surface area contributed by atoms with Crippen LogP contribution < -0.4 is 5.32 Å². The lowest BCUT2D eigenvalue weighted by Gasteiger charge is -2.37. The molecule has 0 radical (unpaired) electrons. The molecule has 0 aliphatic heterocycles. The lowest BCUT2D eigenvalue weighted by atomic mass is 9.86. The third-order valence-corrected chi connectivity index (χ3v) is 4.67. The highest BCUT2D eigenvalue weighted by molar-refractivity contribution is 5.31. The molecule has 0 spiro atoms. The van der Waals surface area contributed by atoms with Gasteiger partial charge in [-0.1, -0.05) is 43.7 Å². The van der Waals surface area contributed by atoms with Crippen LogP contribution in [0.2, 0.25) is 0 Å². The lowest BCUT2D eigenvalue weighted by Crippen LogP contribution is -2.46. The molecule has 1 atom stereocenters. The molecule has 2 rings (SSSR count). The Morgan fingerprint density at radius 2 is 2.05 bits per heavy atom. The molecule has 3 heteroatoms. The van der Waals surface area contributed by atoms with Crippen molar-refractivity contribution in [3.05, 3.63) is 35.9 Å². The first-order valence-electron chi connectivity index (χ1n) is 8.14. The minimum Gasteiger partial charge on any atom is -0.303 e. The van der Waals surface area contributed by atoms with E-state index in [9.17, 15) is 5.26 Å². The van der Waals surface area contributed by atoms with Crippen LogP contribution in [0.4, 0.5) is 0 Å². The second-order valence-electron chi connectivity index (χ2n) is 6.13. The molecule has 1 saturated carbocycles. The summed E-state index contributed by atoms with van der Waals surface area (Å²) in [6.07, 6.45) is 5.84. The molecule has 3 nitrogen and oxygen atoms in total. The summed E-state index contributed by atoms with van der Waals surface area (Å²) in [5.74, 6) is 0. The summed E-state index contributed by atoms with van der Waals surface area (Å²) in [5, 5.41) is 13.3. The summed E-state index contributed by atoms with van der Waals surface area (Å²) < 4.78 is 0. The number of benzene rings is 1. The van der Waals surface area contributed by atoms with Crippen molar-refractivity contribution in [2.45, 2.75) is 50.6 Å². The van der Waals surface area contributed by atoms with Crippen molar-refractivity contribution >= 4 is 0 Å². The second kappa shape index (κ2) is 7.59. The third-order valence-electron chi connectivity index (χ3n) is 4.67. The molecule has 0 saturated heterocycles. The molecule has 114 valence electrons. The summed E-state index contributed by atoms with van der Waals surface area (Å²) >= 11 is 0. The highest BCUT2D eigenvalue weighted by Gasteiger charge is 2.32. The minimum atomic E-state index is -0.560. The van der Waals surface area contributed by atoms with Gasteiger partial charge >= 0.3 is 0 Å². The number of rotatable bonds is 8. The Kier molecular flexibility index (Phi) is 5.78. The number of nitrogens with zero attached hydrogens (tertiary/aromatic N) is 2. The van der Waals surface area contributed by atoms with Crippen molar-refractivity contribution in [1.29, 1.82) is 5.26 Å². The second-order valence-corrected chi connectivity index (χ2v) is 6.13. The Morgan fingerprint density at radius 3 is 2.57 bits per heavy atom. The van der Waals surface area contributed by atoms with E-state index in [0.29, 0.717) is 0 Å². The van der Waals surface area contributed by atoms with Crippen molar-refractivity contribution in [2.75, 3.05) is 20.1 Å². The van der Waals surface area contributed by atoms with Crippen LogP contribution in [0.25, 0.3) is 0 Å². The molecule has 1 unspecified atom stereocenters. The van der Waals surface area contributed by atoms with Gasteiger partial charge in [0.15, 0.2) is 0 Å². The van der Waals surface area contributed by atoms with Gasteiger partial charge in [-0.05, 0) is 44.8 Å². The largest absolute Gasteiger partial charge is 0.303 e. The van der Waals surface area contributed by atoms with Gasteiger partial charge in [-0.25, -0.2) is 0 Å². The van der Waals surface area contributed by atoms with Gasteiger partial charge in [-0.2, -0.15) is 5.26 Å². The fourth-order valence-electron chi connectivity index (χ4n) is 2.91. The van der Waals surface area contributed by atoms with Crippen LogP contribution in [0, 0.1) is 11.3 Å². The van der Waals surface area contributed by atoms with E-state index < -0.39 is 5.54 Å². The number of nitrogens with one attached hydrogen (secondary N) is 1. The Bertz CT molecular complexity index is 461. The SMILES string of the molecule is CCCNC(C#N)(CCN(C)C1CCC1)c1ccccc1. The zero-order chi connectivity index (χ0) is 15.1. The van der Waals surface area contributed by atoms with E-state index in [2.05, 4.69) is 42.4 Å². The molecule has 1 aliphatic rings. The van der Waals surface area contributed by atoms with Crippen LogP contribution in [0.1, 0.15) is 44.6 Å². The molecule has 1 fully saturated rings. The predicted octanol–water partition coefficient (Wildman–Crippen LogP) is 3.28. The predicted molar refractivity (Wildman–Crippen MR) is 86.9 cm³/mol. The molecule has 1 aliphatic carbocycles. The van der Waals surface area contributed by atoms with Crippen molar-refractivity contribution in [1.82, 2.24) is 10.2 Å². The maximum atomic E-state index is 9.85. The first kappa shape index (κ1) is 16.0. The van der Waals surface area contributed by atoms with Gasteiger partial charge in [0.05, 0.1) is 6.07 Å². The first-order valence-corrected chi connectivity index (χ1v) is 8.14. The zero-order valence-corrected chi connectivity index (χ0v) is 13.3. The summed E-state index contributed by atoms with van der Waals surface area (Å²) in [6.45, 7) is 3.97. The van der Waals surface area contributed by atoms with E-state index in [1.165, 1.54) is 19.3 Å². The standard InChI is InChI=1S/C18H27N3/c1-3-13-20-18(15-19,16-8-5-4-6-9-16)12-14-21(2)17-10-7-11-17/h4-6,8-9,17,20H,3,7,10-14H2,1-2H3. The van der Waals surface area contributed by atoms with Crippen molar-refractivity contribution in [2.24, 2.45) is 0 Å². The maximum absolute atomic E-state index is 9.85. The monoisotopic (exact) mass is 285 g/mol. The molecule has 1 N–H and O–H groups in total. The molecular formula is C18H27N3. The van der Waals surface area contributed by atoms with Crippen LogP contribution in [-0.2, 0) is 5.54 Å². The summed E-state index contributed by atoms with van der Waals surface area (Å²) in [4.78, 5) is 2.42. The number of hydrogen-bond acceptors (Lipinski definition) is 3. The van der Waals surface area contributed by atoms with E-state index >= 15 is 0 Å². The molecule has 1 aromatic carbocycles. The van der Waals surface area contributed by atoms with Crippen LogP contribution >= 0.6 is 0 Å². The Hall–Kier alpha value is -1.37. The maximum Gasteiger partial charge on any atom is 0.133 e. The molecule has 0 amide bonds. The number of hydrogen-bond donors (Lipinski definition) is 1. The van der Waals surface area contributed by atoms with Gasteiger partial charge in [0.2, 0.25) is 0 Å². The van der Waals surface area contributed by atoms with Crippen LogP contribution in [-0.4, -0.2) is 31.1 Å². The minimum absolute atomic E-state index is 0.560. The molecule has 0 heterocycles. The molecule has 1 aromatic rings. The smallest absolute Gasteiger partial charge is 0.133 e. The van der Waals surface area contributed by atoms with E-state index in [4.69, 9.17) is 0 Å². The van der Waals surface area contributed by atoms with Crippen molar-refractivity contribution in [3.8, 4) is 6.07 Å². The van der Waals surface area contributed by atoms with Gasteiger partial charge < -0.3 is 4.90 Å². The van der Waals surface area contributed by atoms with E-state index in [0.717, 1.165) is 37.5 Å². The van der Waals surface area contributed by atoms with Gasteiger partial charge in [0.25, 0.3) is 0 Å². The summed E-state index contributed by atoms with van der Waals surface area (Å²) in [5.41, 5.74) is 0.526. The molecule has 0 aromatic heterocycles. The molecule has 21 heavy (non-hydrogen) atoms. The highest BCUT2D eigenvalue weighted by Crippen LogP contribution is 2.28. The van der Waals surface area contributed by atoms with E-state index in [-0.39, 0.29) is 0 Å². The normalized spacial score (nSPS) is 18.0. The van der Waals surface area contributed by atoms with Gasteiger partial charge in [0, 0.05) is 12.6 Å². The van der Waals surface area contributed by atoms with Gasteiger partial charge in [-0.3, -0.25) is 5.32 Å². The first-order chi connectivity index (χ1) is 10.2. The average Bonchev–Trinajstić information content (AvgIpc) is 2.47. The molecular weight excluding hydrogens is 258 g/mol. The number of nitriles is 1. The van der Waals surface area contributed by atoms with Crippen molar-refractivity contribution in [3.63, 3.8) is 0 Å². The van der Waals surface area contributed by atoms with Crippen LogP contribution in [0.3, 0.4) is 0 Å². The van der Waals surface area contributed by atoms with E-state index in [1.807, 2.05) is 18.2 Å². The highest BCUT2D eigenvalue weighted by atomic mass is 15.1. The summed E-state index contributed by atoms with van der Waals surface area (Å²) in [7, 11) is 2.19. The fraction of sp³-hybridized carbons (Fsp3) is 0.611. The Morgan fingerprint density at radius 1 is 1.33 bits per heavy atom. The topological polar surface area (TPSA) is 39.1 Å². The Balaban J connectivity index is 2.09. The third kappa shape index (κ3) is 3.84. The van der Waals surface area contributed by atoms with Crippen LogP contribution in [0.15, 0.2) is 30.3 Å². The molecule has 0 bridgehead atoms. The van der Waals surface area contributed by atoms with Gasteiger partial charge in [-0.15, -0.1) is 0 Å². The average molecular weight is 285 g/mol. The van der Waals surface area contributed by atoms with Gasteiger partial charge in [0.1, 0.15) is 5.54 Å². The van der Waals surface area contributed by atoms with Crippen LogP contribution in [0.5, 0.6) is 0 Å². The summed E-state index contributed by atoms with van der Waals surface area (Å²) in [6, 6.07) is 13.5. The lowest BCUT2D eigenvalue weighted by molar-refractivity contribution is 0.147. The fourth-order valence-corrected chi connectivity index (χ4v) is 2.91. The zero-order valence-electron chi connectivity index (χ0n) is 13.3. The quantitative estimate of drug-likeness (QED) is 0.796. The van der Waals surface area contributed by atoms with Crippen molar-refractivity contribution < 1.29 is 0 Å². The Labute approximate surface area is 129 Å².